The van der Waals surface area contributed by atoms with Crippen LogP contribution < -0.4 is 0 Å². The number of hydrogen-bond acceptors (Lipinski definition) is 4. The number of amides is 1. The lowest BCUT2D eigenvalue weighted by Gasteiger charge is -2.15. The van der Waals surface area contributed by atoms with Gasteiger partial charge in [0.05, 0.1) is 6.54 Å². The van der Waals surface area contributed by atoms with Gasteiger partial charge in [-0.15, -0.1) is 5.10 Å². The zero-order chi connectivity index (χ0) is 10.6. The van der Waals surface area contributed by atoms with Gasteiger partial charge in [-0.05, 0) is 16.8 Å². The van der Waals surface area contributed by atoms with Gasteiger partial charge in [0.15, 0.2) is 5.82 Å². The molecule has 1 aromatic heterocycles. The minimum Gasteiger partial charge on any atom is -0.338 e. The topological polar surface area (TPSA) is 63.9 Å². The molecule has 0 saturated heterocycles. The standard InChI is InChI=1S/C8H15N5O/c1-4-5-8(14)12(2)6-7-9-10-11-13(7)3/h4-6H2,1-3H3. The number of rotatable bonds is 4. The third-order valence-electron chi connectivity index (χ3n) is 1.98. The molecule has 0 atom stereocenters. The molecule has 0 N–H and O–H groups in total. The number of tetrazole rings is 1. The fourth-order valence-corrected chi connectivity index (χ4v) is 1.09. The van der Waals surface area contributed by atoms with E-state index < -0.39 is 0 Å². The van der Waals surface area contributed by atoms with Gasteiger partial charge in [0.25, 0.3) is 0 Å². The number of carbonyl (C=O) groups excluding carboxylic acids is 1. The van der Waals surface area contributed by atoms with Crippen LogP contribution in [0.2, 0.25) is 0 Å². The molecule has 0 radical (unpaired) electrons. The van der Waals surface area contributed by atoms with E-state index in [1.807, 2.05) is 6.92 Å². The molecular formula is C8H15N5O. The Bertz CT molecular complexity index is 308. The van der Waals surface area contributed by atoms with Gasteiger partial charge in [0.1, 0.15) is 0 Å². The Morgan fingerprint density at radius 1 is 1.57 bits per heavy atom. The summed E-state index contributed by atoms with van der Waals surface area (Å²) in [5.74, 6) is 0.812. The second-order valence-corrected chi connectivity index (χ2v) is 3.22. The van der Waals surface area contributed by atoms with E-state index in [0.717, 1.165) is 6.42 Å². The number of nitrogens with zero attached hydrogens (tertiary/aromatic N) is 5. The van der Waals surface area contributed by atoms with Crippen molar-refractivity contribution in [3.63, 3.8) is 0 Å². The molecule has 1 amide bonds. The third-order valence-corrected chi connectivity index (χ3v) is 1.98. The summed E-state index contributed by atoms with van der Waals surface area (Å²) in [7, 11) is 3.51. The number of hydrogen-bond donors (Lipinski definition) is 0. The monoisotopic (exact) mass is 197 g/mol. The minimum atomic E-state index is 0.121. The van der Waals surface area contributed by atoms with Crippen LogP contribution >= 0.6 is 0 Å². The number of carbonyl (C=O) groups is 1. The van der Waals surface area contributed by atoms with Crippen LogP contribution in [0, 0.1) is 0 Å². The zero-order valence-electron chi connectivity index (χ0n) is 8.77. The van der Waals surface area contributed by atoms with Crippen LogP contribution in [-0.2, 0) is 18.4 Å². The van der Waals surface area contributed by atoms with Gasteiger partial charge in [-0.1, -0.05) is 6.92 Å². The Kier molecular flexibility index (Phi) is 3.55. The van der Waals surface area contributed by atoms with E-state index in [-0.39, 0.29) is 5.91 Å². The van der Waals surface area contributed by atoms with Crippen molar-refractivity contribution in [1.29, 1.82) is 0 Å². The summed E-state index contributed by atoms with van der Waals surface area (Å²) >= 11 is 0. The smallest absolute Gasteiger partial charge is 0.222 e. The quantitative estimate of drug-likeness (QED) is 0.680. The second-order valence-electron chi connectivity index (χ2n) is 3.22. The molecule has 14 heavy (non-hydrogen) atoms. The van der Waals surface area contributed by atoms with Crippen LogP contribution in [0.25, 0.3) is 0 Å². The molecule has 0 saturated carbocycles. The maximum absolute atomic E-state index is 11.4. The highest BCUT2D eigenvalue weighted by Gasteiger charge is 2.11. The molecule has 0 aliphatic carbocycles. The summed E-state index contributed by atoms with van der Waals surface area (Å²) in [5, 5.41) is 11.0. The van der Waals surface area contributed by atoms with Crippen molar-refractivity contribution in [2.45, 2.75) is 26.3 Å². The van der Waals surface area contributed by atoms with Crippen LogP contribution in [0.1, 0.15) is 25.6 Å². The van der Waals surface area contributed by atoms with Gasteiger partial charge in [0.2, 0.25) is 5.91 Å². The fraction of sp³-hybridized carbons (Fsp3) is 0.750. The molecule has 0 aromatic carbocycles. The Hall–Kier alpha value is -1.46. The van der Waals surface area contributed by atoms with Crippen molar-refractivity contribution >= 4 is 5.91 Å². The van der Waals surface area contributed by atoms with Crippen LogP contribution in [0.15, 0.2) is 0 Å². The van der Waals surface area contributed by atoms with E-state index in [2.05, 4.69) is 15.5 Å². The molecule has 0 unspecified atom stereocenters. The minimum absolute atomic E-state index is 0.121. The highest BCUT2D eigenvalue weighted by Crippen LogP contribution is 2.00. The van der Waals surface area contributed by atoms with Gasteiger partial charge < -0.3 is 4.90 Å². The summed E-state index contributed by atoms with van der Waals surface area (Å²) in [4.78, 5) is 13.1. The van der Waals surface area contributed by atoms with Crippen LogP contribution in [0.5, 0.6) is 0 Å². The molecular weight excluding hydrogens is 182 g/mol. The lowest BCUT2D eigenvalue weighted by atomic mass is 10.3. The summed E-state index contributed by atoms with van der Waals surface area (Å²) in [6.45, 7) is 2.44. The summed E-state index contributed by atoms with van der Waals surface area (Å²) < 4.78 is 1.57. The Balaban J connectivity index is 2.52. The summed E-state index contributed by atoms with van der Waals surface area (Å²) in [6.07, 6.45) is 1.43. The summed E-state index contributed by atoms with van der Waals surface area (Å²) in [5.41, 5.74) is 0. The maximum Gasteiger partial charge on any atom is 0.222 e. The molecule has 6 nitrogen and oxygen atoms in total. The van der Waals surface area contributed by atoms with Gasteiger partial charge in [0, 0.05) is 20.5 Å². The molecule has 0 aliphatic rings. The first-order valence-corrected chi connectivity index (χ1v) is 4.60. The fourth-order valence-electron chi connectivity index (χ4n) is 1.09. The van der Waals surface area contributed by atoms with Gasteiger partial charge in [-0.2, -0.15) is 0 Å². The molecule has 1 rings (SSSR count). The predicted molar refractivity (Wildman–Crippen MR) is 50.2 cm³/mol. The lowest BCUT2D eigenvalue weighted by Crippen LogP contribution is -2.27. The van der Waals surface area contributed by atoms with Crippen molar-refractivity contribution in [2.24, 2.45) is 7.05 Å². The van der Waals surface area contributed by atoms with Crippen molar-refractivity contribution in [2.75, 3.05) is 7.05 Å². The van der Waals surface area contributed by atoms with Crippen molar-refractivity contribution in [3.05, 3.63) is 5.82 Å². The van der Waals surface area contributed by atoms with Crippen LogP contribution in [0.3, 0.4) is 0 Å². The zero-order valence-corrected chi connectivity index (χ0v) is 8.77. The SMILES string of the molecule is CCCC(=O)N(C)Cc1nnnn1C. The number of aryl methyl sites for hydroxylation is 1. The highest BCUT2D eigenvalue weighted by molar-refractivity contribution is 5.75. The second kappa shape index (κ2) is 4.69. The predicted octanol–water partition coefficient (Wildman–Crippen LogP) is -0.0314. The average Bonchev–Trinajstić information content (AvgIpc) is 2.52. The normalized spacial score (nSPS) is 10.2. The van der Waals surface area contributed by atoms with E-state index in [9.17, 15) is 4.79 Å². The average molecular weight is 197 g/mol. The molecule has 0 spiro atoms. The molecule has 0 aliphatic heterocycles. The molecule has 78 valence electrons. The van der Waals surface area contributed by atoms with E-state index in [0.29, 0.717) is 18.8 Å². The van der Waals surface area contributed by atoms with E-state index in [1.54, 1.807) is 23.7 Å². The van der Waals surface area contributed by atoms with E-state index >= 15 is 0 Å². The molecule has 1 aromatic rings. The number of aromatic nitrogens is 4. The van der Waals surface area contributed by atoms with Gasteiger partial charge in [-0.3, -0.25) is 4.79 Å². The molecule has 6 heteroatoms. The maximum atomic E-state index is 11.4. The van der Waals surface area contributed by atoms with Gasteiger partial charge in [-0.25, -0.2) is 4.68 Å². The Morgan fingerprint density at radius 3 is 2.79 bits per heavy atom. The Morgan fingerprint density at radius 2 is 2.29 bits per heavy atom. The highest BCUT2D eigenvalue weighted by atomic mass is 16.2. The largest absolute Gasteiger partial charge is 0.338 e. The van der Waals surface area contributed by atoms with Crippen molar-refractivity contribution in [1.82, 2.24) is 25.1 Å². The first-order chi connectivity index (χ1) is 6.65. The van der Waals surface area contributed by atoms with Crippen LogP contribution in [0.4, 0.5) is 0 Å². The van der Waals surface area contributed by atoms with Crippen molar-refractivity contribution in [3.8, 4) is 0 Å². The molecule has 0 bridgehead atoms. The lowest BCUT2D eigenvalue weighted by molar-refractivity contribution is -0.130. The third kappa shape index (κ3) is 2.51. The first-order valence-electron chi connectivity index (χ1n) is 4.60. The van der Waals surface area contributed by atoms with E-state index in [1.165, 1.54) is 0 Å². The Labute approximate surface area is 82.9 Å². The molecule has 0 fully saturated rings. The van der Waals surface area contributed by atoms with Gasteiger partial charge >= 0.3 is 0 Å². The van der Waals surface area contributed by atoms with Crippen LogP contribution in [-0.4, -0.2) is 38.1 Å². The first kappa shape index (κ1) is 10.6. The van der Waals surface area contributed by atoms with Crippen molar-refractivity contribution < 1.29 is 4.79 Å². The molecule has 1 heterocycles. The summed E-state index contributed by atoms with van der Waals surface area (Å²) in [6, 6.07) is 0. The van der Waals surface area contributed by atoms with E-state index in [4.69, 9.17) is 0 Å².